The zero-order chi connectivity index (χ0) is 12.6. The van der Waals surface area contributed by atoms with Crippen LogP contribution in [0.5, 0.6) is 0 Å². The molecule has 0 unspecified atom stereocenters. The van der Waals surface area contributed by atoms with Gasteiger partial charge in [0.1, 0.15) is 5.69 Å². The number of hydrogen-bond donors (Lipinski definition) is 2. The number of rotatable bonds is 2. The normalized spacial score (nSPS) is 10.5. The number of carbonyl (C=O) groups is 1. The maximum absolute atomic E-state index is 12.2. The van der Waals surface area contributed by atoms with E-state index in [0.29, 0.717) is 17.0 Å². The lowest BCUT2D eigenvalue weighted by atomic mass is 10.0. The number of hydrogen-bond acceptors (Lipinski definition) is 2. The van der Waals surface area contributed by atoms with Gasteiger partial charge in [-0.1, -0.05) is 17.2 Å². The average molecular weight is 230 g/mol. The number of aromatic amines is 2. The van der Waals surface area contributed by atoms with Gasteiger partial charge in [-0.15, -0.1) is 0 Å². The summed E-state index contributed by atoms with van der Waals surface area (Å²) in [5.41, 5.74) is 3.21. The largest absolute Gasteiger partial charge is 0.323 e. The Morgan fingerprint density at radius 3 is 2.06 bits per heavy atom. The standard InChI is InChI=1S/C13H14N2O2/c1-7-4-8(2)6-10(5-7)12(16)11-9(3)14-13(17)15-11/h4-6H,1-3H3,(H2,14,15,17). The zero-order valence-corrected chi connectivity index (χ0v) is 10.0. The van der Waals surface area contributed by atoms with Gasteiger partial charge >= 0.3 is 5.69 Å². The van der Waals surface area contributed by atoms with Crippen molar-refractivity contribution in [2.45, 2.75) is 20.8 Å². The molecule has 0 radical (unpaired) electrons. The van der Waals surface area contributed by atoms with Crippen molar-refractivity contribution in [3.8, 4) is 0 Å². The first kappa shape index (κ1) is 11.4. The molecule has 0 atom stereocenters. The Balaban J connectivity index is 2.50. The molecule has 0 aliphatic heterocycles. The van der Waals surface area contributed by atoms with Crippen molar-refractivity contribution >= 4 is 5.78 Å². The van der Waals surface area contributed by atoms with Crippen molar-refractivity contribution < 1.29 is 4.79 Å². The van der Waals surface area contributed by atoms with E-state index in [2.05, 4.69) is 9.97 Å². The molecule has 0 spiro atoms. The number of imidazole rings is 1. The third kappa shape index (κ3) is 2.20. The molecule has 0 aliphatic carbocycles. The Morgan fingerprint density at radius 2 is 1.59 bits per heavy atom. The van der Waals surface area contributed by atoms with Crippen LogP contribution >= 0.6 is 0 Å². The van der Waals surface area contributed by atoms with Gasteiger partial charge in [0.25, 0.3) is 0 Å². The first-order valence-electron chi connectivity index (χ1n) is 5.39. The van der Waals surface area contributed by atoms with Crippen molar-refractivity contribution in [3.05, 3.63) is 56.8 Å². The van der Waals surface area contributed by atoms with E-state index in [0.717, 1.165) is 11.1 Å². The van der Waals surface area contributed by atoms with Crippen molar-refractivity contribution in [1.29, 1.82) is 0 Å². The summed E-state index contributed by atoms with van der Waals surface area (Å²) in [6.07, 6.45) is 0. The second-order valence-electron chi connectivity index (χ2n) is 4.28. The van der Waals surface area contributed by atoms with Crippen LogP contribution in [0.2, 0.25) is 0 Å². The van der Waals surface area contributed by atoms with Gasteiger partial charge in [0, 0.05) is 11.3 Å². The summed E-state index contributed by atoms with van der Waals surface area (Å²) in [5.74, 6) is -0.160. The Labute approximate surface area is 98.7 Å². The highest BCUT2D eigenvalue weighted by atomic mass is 16.1. The Bertz CT molecular complexity index is 615. The van der Waals surface area contributed by atoms with Crippen LogP contribution < -0.4 is 5.69 Å². The van der Waals surface area contributed by atoms with E-state index in [1.165, 1.54) is 0 Å². The van der Waals surface area contributed by atoms with Crippen LogP contribution in [0.25, 0.3) is 0 Å². The van der Waals surface area contributed by atoms with Crippen LogP contribution in [0.3, 0.4) is 0 Å². The highest BCUT2D eigenvalue weighted by molar-refractivity contribution is 6.08. The van der Waals surface area contributed by atoms with Gasteiger partial charge in [-0.2, -0.15) is 0 Å². The lowest BCUT2D eigenvalue weighted by Crippen LogP contribution is -2.07. The smallest absolute Gasteiger partial charge is 0.310 e. The molecular formula is C13H14N2O2. The van der Waals surface area contributed by atoms with Crippen molar-refractivity contribution in [2.75, 3.05) is 0 Å². The monoisotopic (exact) mass is 230 g/mol. The van der Waals surface area contributed by atoms with Crippen LogP contribution in [-0.4, -0.2) is 15.8 Å². The average Bonchev–Trinajstić information content (AvgIpc) is 2.55. The molecule has 0 saturated heterocycles. The third-order valence-corrected chi connectivity index (χ3v) is 2.63. The summed E-state index contributed by atoms with van der Waals surface area (Å²) >= 11 is 0. The van der Waals surface area contributed by atoms with E-state index < -0.39 is 0 Å². The summed E-state index contributed by atoms with van der Waals surface area (Å²) in [6, 6.07) is 5.64. The molecular weight excluding hydrogens is 216 g/mol. The zero-order valence-electron chi connectivity index (χ0n) is 10.0. The Hall–Kier alpha value is -2.10. The summed E-state index contributed by atoms with van der Waals surface area (Å²) in [5, 5.41) is 0. The molecule has 1 aromatic heterocycles. The third-order valence-electron chi connectivity index (χ3n) is 2.63. The summed E-state index contributed by atoms with van der Waals surface area (Å²) < 4.78 is 0. The van der Waals surface area contributed by atoms with E-state index in [1.54, 1.807) is 6.92 Å². The molecule has 0 bridgehead atoms. The van der Waals surface area contributed by atoms with Gasteiger partial charge in [-0.05, 0) is 32.9 Å². The van der Waals surface area contributed by atoms with E-state index >= 15 is 0 Å². The van der Waals surface area contributed by atoms with E-state index in [9.17, 15) is 9.59 Å². The lowest BCUT2D eigenvalue weighted by Gasteiger charge is -2.03. The highest BCUT2D eigenvalue weighted by Crippen LogP contribution is 2.13. The molecule has 0 saturated carbocycles. The van der Waals surface area contributed by atoms with Crippen LogP contribution in [-0.2, 0) is 0 Å². The number of benzene rings is 1. The van der Waals surface area contributed by atoms with E-state index in [1.807, 2.05) is 32.0 Å². The maximum Gasteiger partial charge on any atom is 0.323 e. The van der Waals surface area contributed by atoms with Crippen LogP contribution in [0, 0.1) is 20.8 Å². The predicted molar refractivity (Wildman–Crippen MR) is 65.5 cm³/mol. The number of carbonyl (C=O) groups excluding carboxylic acids is 1. The SMILES string of the molecule is Cc1cc(C)cc(C(=O)c2[nH]c(=O)[nH]c2C)c1. The molecule has 1 heterocycles. The number of aromatic nitrogens is 2. The second-order valence-corrected chi connectivity index (χ2v) is 4.28. The minimum absolute atomic E-state index is 0.160. The number of H-pyrrole nitrogens is 2. The molecule has 1 aromatic carbocycles. The van der Waals surface area contributed by atoms with Gasteiger partial charge in [0.05, 0.1) is 0 Å². The predicted octanol–water partition coefficient (Wildman–Crippen LogP) is 1.86. The minimum atomic E-state index is -0.352. The van der Waals surface area contributed by atoms with Gasteiger partial charge in [-0.25, -0.2) is 4.79 Å². The van der Waals surface area contributed by atoms with Gasteiger partial charge < -0.3 is 9.97 Å². The van der Waals surface area contributed by atoms with Crippen LogP contribution in [0.1, 0.15) is 32.9 Å². The quantitative estimate of drug-likeness (QED) is 0.773. The lowest BCUT2D eigenvalue weighted by molar-refractivity contribution is 0.103. The van der Waals surface area contributed by atoms with Gasteiger partial charge in [0.15, 0.2) is 0 Å². The van der Waals surface area contributed by atoms with Crippen molar-refractivity contribution in [2.24, 2.45) is 0 Å². The Kier molecular flexibility index (Phi) is 2.71. The fourth-order valence-corrected chi connectivity index (χ4v) is 1.95. The molecule has 88 valence electrons. The second kappa shape index (κ2) is 4.05. The molecule has 4 heteroatoms. The first-order valence-corrected chi connectivity index (χ1v) is 5.39. The van der Waals surface area contributed by atoms with Gasteiger partial charge in [0.2, 0.25) is 5.78 Å². The minimum Gasteiger partial charge on any atom is -0.310 e. The molecule has 0 amide bonds. The molecule has 17 heavy (non-hydrogen) atoms. The number of aryl methyl sites for hydroxylation is 3. The summed E-state index contributed by atoms with van der Waals surface area (Å²) in [7, 11) is 0. The van der Waals surface area contributed by atoms with Crippen LogP contribution in [0.4, 0.5) is 0 Å². The molecule has 0 aliphatic rings. The fourth-order valence-electron chi connectivity index (χ4n) is 1.95. The van der Waals surface area contributed by atoms with Crippen molar-refractivity contribution in [3.63, 3.8) is 0 Å². The number of ketones is 1. The summed E-state index contributed by atoms with van der Waals surface area (Å²) in [4.78, 5) is 28.4. The number of nitrogens with one attached hydrogen (secondary N) is 2. The first-order chi connectivity index (χ1) is 7.97. The molecule has 2 rings (SSSR count). The molecule has 4 nitrogen and oxygen atoms in total. The van der Waals surface area contributed by atoms with E-state index in [-0.39, 0.29) is 11.5 Å². The topological polar surface area (TPSA) is 65.7 Å². The highest BCUT2D eigenvalue weighted by Gasteiger charge is 2.15. The van der Waals surface area contributed by atoms with E-state index in [4.69, 9.17) is 0 Å². The Morgan fingerprint density at radius 1 is 1.00 bits per heavy atom. The van der Waals surface area contributed by atoms with Crippen LogP contribution in [0.15, 0.2) is 23.0 Å². The molecule has 2 N–H and O–H groups in total. The maximum atomic E-state index is 12.2. The fraction of sp³-hybridized carbons (Fsp3) is 0.231. The summed E-state index contributed by atoms with van der Waals surface area (Å²) in [6.45, 7) is 5.58. The van der Waals surface area contributed by atoms with Gasteiger partial charge in [-0.3, -0.25) is 4.79 Å². The molecule has 2 aromatic rings. The molecule has 0 fully saturated rings. The van der Waals surface area contributed by atoms with Crippen molar-refractivity contribution in [1.82, 2.24) is 9.97 Å².